The Hall–Kier alpha value is -0.160. The van der Waals surface area contributed by atoms with Gasteiger partial charge in [0, 0.05) is 6.54 Å². The van der Waals surface area contributed by atoms with Gasteiger partial charge in [-0.05, 0) is 20.8 Å². The van der Waals surface area contributed by atoms with Gasteiger partial charge in [-0.1, -0.05) is 0 Å². The van der Waals surface area contributed by atoms with Gasteiger partial charge in [-0.3, -0.25) is 0 Å². The molecular formula is C7H16N2O2. The molecule has 0 spiro atoms. The highest BCUT2D eigenvalue weighted by atomic mass is 16.6. The fraction of sp³-hybridized carbons (Fsp3) is 1.00. The van der Waals surface area contributed by atoms with Crippen molar-refractivity contribution in [1.29, 1.82) is 0 Å². The van der Waals surface area contributed by atoms with Gasteiger partial charge in [-0.15, -0.1) is 0 Å². The molecule has 0 saturated carbocycles. The van der Waals surface area contributed by atoms with Crippen molar-refractivity contribution in [2.45, 2.75) is 32.0 Å². The van der Waals surface area contributed by atoms with E-state index in [2.05, 4.69) is 0 Å². The maximum absolute atomic E-state index is 9.60. The maximum atomic E-state index is 9.60. The lowest BCUT2D eigenvalue weighted by atomic mass is 10.1. The molecule has 1 saturated heterocycles. The zero-order chi connectivity index (χ0) is 8.70. The normalized spacial score (nSPS) is 37.9. The average molecular weight is 160 g/mol. The molecule has 0 aliphatic carbocycles. The lowest BCUT2D eigenvalue weighted by molar-refractivity contribution is -0.237. The lowest BCUT2D eigenvalue weighted by Gasteiger charge is -2.33. The predicted octanol–water partition coefficient (Wildman–Crippen LogP) is 0.161. The molecule has 1 aliphatic rings. The Morgan fingerprint density at radius 1 is 1.55 bits per heavy atom. The summed E-state index contributed by atoms with van der Waals surface area (Å²) in [5, 5.41) is 10.8. The Bertz CT molecular complexity index is 161. The molecule has 66 valence electrons. The average Bonchev–Trinajstić information content (AvgIpc) is 2.16. The third-order valence-electron chi connectivity index (χ3n) is 2.14. The first-order chi connectivity index (χ1) is 4.92. The van der Waals surface area contributed by atoms with E-state index in [0.717, 1.165) is 0 Å². The first-order valence-corrected chi connectivity index (χ1v) is 3.76. The fourth-order valence-electron chi connectivity index (χ4n) is 1.24. The second kappa shape index (κ2) is 2.42. The van der Waals surface area contributed by atoms with Gasteiger partial charge in [0.25, 0.3) is 0 Å². The summed E-state index contributed by atoms with van der Waals surface area (Å²) in [5.41, 5.74) is 4.42. The van der Waals surface area contributed by atoms with Crippen LogP contribution in [0.25, 0.3) is 0 Å². The van der Waals surface area contributed by atoms with Crippen molar-refractivity contribution in [3.05, 3.63) is 0 Å². The zero-order valence-corrected chi connectivity index (χ0v) is 7.29. The Balaban J connectivity index is 2.78. The van der Waals surface area contributed by atoms with Crippen molar-refractivity contribution in [3.8, 4) is 0 Å². The summed E-state index contributed by atoms with van der Waals surface area (Å²) in [6.07, 6.45) is 0. The van der Waals surface area contributed by atoms with Gasteiger partial charge >= 0.3 is 0 Å². The van der Waals surface area contributed by atoms with Crippen LogP contribution in [0.1, 0.15) is 20.8 Å². The molecule has 1 rings (SSSR count). The van der Waals surface area contributed by atoms with Crippen LogP contribution in [0.4, 0.5) is 0 Å². The molecule has 0 aromatic heterocycles. The number of hydroxylamine groups is 2. The van der Waals surface area contributed by atoms with E-state index in [9.17, 15) is 5.21 Å². The van der Waals surface area contributed by atoms with Gasteiger partial charge < -0.3 is 15.7 Å². The van der Waals surface area contributed by atoms with Gasteiger partial charge in [0.1, 0.15) is 0 Å². The summed E-state index contributed by atoms with van der Waals surface area (Å²) < 4.78 is 5.37. The van der Waals surface area contributed by atoms with E-state index in [1.54, 1.807) is 6.92 Å². The van der Waals surface area contributed by atoms with Gasteiger partial charge in [-0.25, -0.2) is 0 Å². The second-order valence-corrected chi connectivity index (χ2v) is 3.79. The van der Waals surface area contributed by atoms with Gasteiger partial charge in [0.05, 0.1) is 12.1 Å². The molecule has 4 heteroatoms. The standard InChI is InChI=1S/C7H16N2O2/c1-6(2)5-11-7(3,4-8)9(6)10/h10H,4-5,8H2,1-3H3/t7-/m1/s1. The maximum Gasteiger partial charge on any atom is 0.153 e. The minimum absolute atomic E-state index is 0.299. The third-order valence-corrected chi connectivity index (χ3v) is 2.14. The van der Waals surface area contributed by atoms with E-state index >= 15 is 0 Å². The van der Waals surface area contributed by atoms with Crippen molar-refractivity contribution in [3.63, 3.8) is 0 Å². The molecule has 0 unspecified atom stereocenters. The van der Waals surface area contributed by atoms with E-state index < -0.39 is 5.72 Å². The quantitative estimate of drug-likeness (QED) is 0.573. The molecule has 4 nitrogen and oxygen atoms in total. The van der Waals surface area contributed by atoms with Crippen molar-refractivity contribution >= 4 is 0 Å². The number of hydrogen-bond acceptors (Lipinski definition) is 4. The van der Waals surface area contributed by atoms with Crippen LogP contribution in [0, 0.1) is 0 Å². The van der Waals surface area contributed by atoms with Crippen LogP contribution < -0.4 is 5.73 Å². The van der Waals surface area contributed by atoms with E-state index in [1.165, 1.54) is 5.06 Å². The molecule has 1 fully saturated rings. The number of nitrogens with two attached hydrogens (primary N) is 1. The van der Waals surface area contributed by atoms with Gasteiger partial charge in [0.15, 0.2) is 5.72 Å². The largest absolute Gasteiger partial charge is 0.355 e. The summed E-state index contributed by atoms with van der Waals surface area (Å²) in [5.74, 6) is 0. The third kappa shape index (κ3) is 1.27. The Kier molecular flexibility index (Phi) is 1.96. The van der Waals surface area contributed by atoms with Crippen LogP contribution in [0.3, 0.4) is 0 Å². The van der Waals surface area contributed by atoms with E-state index in [1.807, 2.05) is 13.8 Å². The van der Waals surface area contributed by atoms with Gasteiger partial charge in [-0.2, -0.15) is 5.06 Å². The van der Waals surface area contributed by atoms with Crippen molar-refractivity contribution in [2.75, 3.05) is 13.2 Å². The van der Waals surface area contributed by atoms with Crippen molar-refractivity contribution in [2.24, 2.45) is 5.73 Å². The molecule has 1 aliphatic heterocycles. The summed E-state index contributed by atoms with van der Waals surface area (Å²) in [7, 11) is 0. The predicted molar refractivity (Wildman–Crippen MR) is 41.1 cm³/mol. The van der Waals surface area contributed by atoms with Crippen LogP contribution in [0.2, 0.25) is 0 Å². The number of rotatable bonds is 1. The molecule has 1 heterocycles. The molecule has 1 atom stereocenters. The first kappa shape index (κ1) is 8.93. The summed E-state index contributed by atoms with van der Waals surface area (Å²) >= 11 is 0. The summed E-state index contributed by atoms with van der Waals surface area (Å²) in [4.78, 5) is 0. The molecule has 11 heavy (non-hydrogen) atoms. The van der Waals surface area contributed by atoms with Crippen LogP contribution in [-0.4, -0.2) is 34.7 Å². The highest BCUT2D eigenvalue weighted by Crippen LogP contribution is 2.31. The topological polar surface area (TPSA) is 58.7 Å². The molecule has 0 aromatic rings. The van der Waals surface area contributed by atoms with E-state index in [-0.39, 0.29) is 5.54 Å². The fourth-order valence-corrected chi connectivity index (χ4v) is 1.24. The molecule has 0 radical (unpaired) electrons. The number of nitrogens with zero attached hydrogens (tertiary/aromatic N) is 1. The first-order valence-electron chi connectivity index (χ1n) is 3.76. The minimum atomic E-state index is -0.705. The Morgan fingerprint density at radius 2 is 2.09 bits per heavy atom. The van der Waals surface area contributed by atoms with Gasteiger partial charge in [0.2, 0.25) is 0 Å². The zero-order valence-electron chi connectivity index (χ0n) is 7.29. The smallest absolute Gasteiger partial charge is 0.153 e. The lowest BCUT2D eigenvalue weighted by Crippen LogP contribution is -2.52. The summed E-state index contributed by atoms with van der Waals surface area (Å²) in [6, 6.07) is 0. The highest BCUT2D eigenvalue weighted by Gasteiger charge is 2.47. The van der Waals surface area contributed by atoms with E-state index in [4.69, 9.17) is 10.5 Å². The molecule has 0 aromatic carbocycles. The monoisotopic (exact) mass is 160 g/mol. The molecular weight excluding hydrogens is 144 g/mol. The van der Waals surface area contributed by atoms with Crippen LogP contribution >= 0.6 is 0 Å². The van der Waals surface area contributed by atoms with Crippen LogP contribution in [-0.2, 0) is 4.74 Å². The van der Waals surface area contributed by atoms with Crippen molar-refractivity contribution < 1.29 is 9.94 Å². The number of ether oxygens (including phenoxy) is 1. The SMILES string of the molecule is CC1(C)CO[C@](C)(CN)N1O. The molecule has 0 bridgehead atoms. The van der Waals surface area contributed by atoms with E-state index in [0.29, 0.717) is 13.2 Å². The molecule has 3 N–H and O–H groups in total. The van der Waals surface area contributed by atoms with Crippen molar-refractivity contribution in [1.82, 2.24) is 5.06 Å². The Morgan fingerprint density at radius 3 is 2.27 bits per heavy atom. The van der Waals surface area contributed by atoms with Crippen LogP contribution in [0.15, 0.2) is 0 Å². The highest BCUT2D eigenvalue weighted by molar-refractivity contribution is 4.91. The Labute approximate surface area is 66.9 Å². The summed E-state index contributed by atoms with van der Waals surface area (Å²) in [6.45, 7) is 6.41. The minimum Gasteiger partial charge on any atom is -0.355 e. The van der Waals surface area contributed by atoms with Crippen LogP contribution in [0.5, 0.6) is 0 Å². The second-order valence-electron chi connectivity index (χ2n) is 3.79. The molecule has 0 amide bonds. The number of hydrogen-bond donors (Lipinski definition) is 2.